The van der Waals surface area contributed by atoms with Crippen molar-refractivity contribution in [2.45, 2.75) is 39.5 Å². The van der Waals surface area contributed by atoms with Gasteiger partial charge in [-0.05, 0) is 19.4 Å². The van der Waals surface area contributed by atoms with E-state index in [2.05, 4.69) is 27.6 Å². The first kappa shape index (κ1) is 18.5. The zero-order chi connectivity index (χ0) is 18.5. The maximum atomic E-state index is 12.8. The van der Waals surface area contributed by atoms with Gasteiger partial charge in [0.1, 0.15) is 22.0 Å². The van der Waals surface area contributed by atoms with Crippen molar-refractivity contribution in [1.82, 2.24) is 15.4 Å². The number of carbonyl (C=O) groups is 1. The number of carbonyl (C=O) groups excluding carboxylic acids is 1. The fraction of sp³-hybridized carbons (Fsp3) is 0.333. The molecular formula is C18H19ClN4O2S. The molecule has 0 spiro atoms. The second-order valence-corrected chi connectivity index (χ2v) is 7.32. The summed E-state index contributed by atoms with van der Waals surface area (Å²) in [5.74, 6) is 0.0834. The van der Waals surface area contributed by atoms with Crippen molar-refractivity contribution in [3.8, 4) is 11.3 Å². The Labute approximate surface area is 160 Å². The van der Waals surface area contributed by atoms with E-state index >= 15 is 0 Å². The van der Waals surface area contributed by atoms with Crippen LogP contribution in [-0.4, -0.2) is 21.3 Å². The van der Waals surface area contributed by atoms with Crippen LogP contribution < -0.4 is 5.32 Å². The summed E-state index contributed by atoms with van der Waals surface area (Å²) in [6.07, 6.45) is 4.25. The highest BCUT2D eigenvalue weighted by atomic mass is 35.5. The molecule has 1 N–H and O–H groups in total. The first-order chi connectivity index (χ1) is 12.6. The maximum Gasteiger partial charge on any atom is 0.263 e. The fourth-order valence-corrected chi connectivity index (χ4v) is 3.57. The minimum absolute atomic E-state index is 0.338. The summed E-state index contributed by atoms with van der Waals surface area (Å²) in [4.78, 5) is 12.8. The normalized spacial score (nSPS) is 10.9. The van der Waals surface area contributed by atoms with E-state index < -0.39 is 0 Å². The molecule has 6 nitrogen and oxygen atoms in total. The quantitative estimate of drug-likeness (QED) is 0.565. The van der Waals surface area contributed by atoms with E-state index in [1.54, 1.807) is 19.1 Å². The lowest BCUT2D eigenvalue weighted by molar-refractivity contribution is 0.102. The second-order valence-electron chi connectivity index (χ2n) is 5.85. The van der Waals surface area contributed by atoms with Gasteiger partial charge in [0, 0.05) is 12.0 Å². The van der Waals surface area contributed by atoms with Crippen LogP contribution in [0, 0.1) is 6.92 Å². The monoisotopic (exact) mass is 390 g/mol. The molecule has 0 aliphatic heterocycles. The number of nitrogens with one attached hydrogen (secondary N) is 1. The minimum Gasteiger partial charge on any atom is -0.360 e. The zero-order valence-corrected chi connectivity index (χ0v) is 16.2. The van der Waals surface area contributed by atoms with E-state index in [1.807, 2.05) is 12.1 Å². The number of aromatic nitrogens is 3. The van der Waals surface area contributed by atoms with Gasteiger partial charge in [-0.15, -0.1) is 10.2 Å². The van der Waals surface area contributed by atoms with Crippen LogP contribution in [0.2, 0.25) is 5.02 Å². The molecule has 2 heterocycles. The molecule has 3 aromatic rings. The highest BCUT2D eigenvalue weighted by Gasteiger charge is 2.24. The molecule has 0 atom stereocenters. The molecule has 136 valence electrons. The molecule has 0 saturated heterocycles. The van der Waals surface area contributed by atoms with Gasteiger partial charge in [-0.25, -0.2) is 0 Å². The van der Waals surface area contributed by atoms with Crippen LogP contribution in [0.4, 0.5) is 5.13 Å². The highest BCUT2D eigenvalue weighted by Crippen LogP contribution is 2.31. The van der Waals surface area contributed by atoms with E-state index in [4.69, 9.17) is 16.1 Å². The third-order valence-electron chi connectivity index (χ3n) is 3.90. The van der Waals surface area contributed by atoms with Crippen molar-refractivity contribution in [3.63, 3.8) is 0 Å². The van der Waals surface area contributed by atoms with Gasteiger partial charge in [0.15, 0.2) is 0 Å². The van der Waals surface area contributed by atoms with Gasteiger partial charge in [-0.1, -0.05) is 66.1 Å². The van der Waals surface area contributed by atoms with Gasteiger partial charge in [-0.2, -0.15) is 0 Å². The molecule has 1 aromatic carbocycles. The Balaban J connectivity index is 1.79. The number of anilines is 1. The molecule has 0 aliphatic carbocycles. The molecule has 0 bridgehead atoms. The number of benzene rings is 1. The molecule has 0 saturated carbocycles. The van der Waals surface area contributed by atoms with Crippen molar-refractivity contribution in [2.75, 3.05) is 5.32 Å². The van der Waals surface area contributed by atoms with Crippen molar-refractivity contribution < 1.29 is 9.32 Å². The Morgan fingerprint density at radius 1 is 1.27 bits per heavy atom. The van der Waals surface area contributed by atoms with Crippen LogP contribution in [0.25, 0.3) is 11.3 Å². The van der Waals surface area contributed by atoms with E-state index in [0.29, 0.717) is 32.7 Å². The van der Waals surface area contributed by atoms with Gasteiger partial charge >= 0.3 is 0 Å². The van der Waals surface area contributed by atoms with Crippen LogP contribution in [0.3, 0.4) is 0 Å². The van der Waals surface area contributed by atoms with Crippen molar-refractivity contribution in [2.24, 2.45) is 0 Å². The van der Waals surface area contributed by atoms with Gasteiger partial charge < -0.3 is 4.52 Å². The molecule has 3 rings (SSSR count). The van der Waals surface area contributed by atoms with Crippen LogP contribution >= 0.6 is 22.9 Å². The van der Waals surface area contributed by atoms with E-state index in [0.717, 1.165) is 30.7 Å². The Morgan fingerprint density at radius 2 is 2.08 bits per heavy atom. The summed E-state index contributed by atoms with van der Waals surface area (Å²) >= 11 is 7.62. The Hall–Kier alpha value is -2.25. The standard InChI is InChI=1S/C18H19ClN4O2S/c1-3-4-5-10-14-21-22-18(26-14)20-17(24)15-11(2)25-23-16(15)12-8-6-7-9-13(12)19/h6-9H,3-5,10H2,1-2H3,(H,20,22,24). The first-order valence-electron chi connectivity index (χ1n) is 8.45. The molecule has 26 heavy (non-hydrogen) atoms. The summed E-state index contributed by atoms with van der Waals surface area (Å²) in [5.41, 5.74) is 1.41. The van der Waals surface area contributed by atoms with E-state index in [1.165, 1.54) is 11.3 Å². The van der Waals surface area contributed by atoms with E-state index in [-0.39, 0.29) is 5.91 Å². The van der Waals surface area contributed by atoms with Crippen LogP contribution in [0.5, 0.6) is 0 Å². The molecular weight excluding hydrogens is 372 g/mol. The number of hydrogen-bond donors (Lipinski definition) is 1. The van der Waals surface area contributed by atoms with Crippen LogP contribution in [0.15, 0.2) is 28.8 Å². The van der Waals surface area contributed by atoms with E-state index in [9.17, 15) is 4.79 Å². The molecule has 0 fully saturated rings. The van der Waals surface area contributed by atoms with Gasteiger partial charge in [0.2, 0.25) is 5.13 Å². The number of hydrogen-bond acceptors (Lipinski definition) is 6. The topological polar surface area (TPSA) is 80.9 Å². The molecule has 0 aliphatic rings. The fourth-order valence-electron chi connectivity index (χ4n) is 2.57. The predicted octanol–water partition coefficient (Wildman–Crippen LogP) is 5.14. The lowest BCUT2D eigenvalue weighted by atomic mass is 10.1. The first-order valence-corrected chi connectivity index (χ1v) is 9.64. The van der Waals surface area contributed by atoms with Gasteiger partial charge in [0.05, 0.1) is 5.02 Å². The molecule has 0 radical (unpaired) electrons. The summed E-state index contributed by atoms with van der Waals surface area (Å²) in [6.45, 7) is 3.85. The number of nitrogens with zero attached hydrogens (tertiary/aromatic N) is 3. The minimum atomic E-state index is -0.338. The third-order valence-corrected chi connectivity index (χ3v) is 5.13. The summed E-state index contributed by atoms with van der Waals surface area (Å²) < 4.78 is 5.23. The Kier molecular flexibility index (Phi) is 6.00. The summed E-state index contributed by atoms with van der Waals surface area (Å²) in [6, 6.07) is 7.20. The average molecular weight is 391 g/mol. The Bertz CT molecular complexity index is 906. The number of halogens is 1. The SMILES string of the molecule is CCCCCc1nnc(NC(=O)c2c(-c3ccccc3Cl)noc2C)s1. The lowest BCUT2D eigenvalue weighted by Crippen LogP contribution is -2.13. The molecule has 8 heteroatoms. The average Bonchev–Trinajstić information content (AvgIpc) is 3.22. The smallest absolute Gasteiger partial charge is 0.263 e. The van der Waals surface area contributed by atoms with Crippen molar-refractivity contribution in [1.29, 1.82) is 0 Å². The van der Waals surface area contributed by atoms with Gasteiger partial charge in [-0.3, -0.25) is 10.1 Å². The molecule has 2 aromatic heterocycles. The number of unbranched alkanes of at least 4 members (excludes halogenated alkanes) is 2. The molecule has 0 unspecified atom stereocenters. The highest BCUT2D eigenvalue weighted by molar-refractivity contribution is 7.15. The lowest BCUT2D eigenvalue weighted by Gasteiger charge is -2.04. The van der Waals surface area contributed by atoms with Crippen LogP contribution in [0.1, 0.15) is 47.3 Å². The number of amides is 1. The summed E-state index contributed by atoms with van der Waals surface area (Å²) in [7, 11) is 0. The number of rotatable bonds is 7. The largest absolute Gasteiger partial charge is 0.360 e. The van der Waals surface area contributed by atoms with Crippen LogP contribution in [-0.2, 0) is 6.42 Å². The predicted molar refractivity (Wildman–Crippen MR) is 103 cm³/mol. The molecule has 1 amide bonds. The second kappa shape index (κ2) is 8.42. The number of aryl methyl sites for hydroxylation is 2. The Morgan fingerprint density at radius 3 is 2.85 bits per heavy atom. The van der Waals surface area contributed by atoms with Crippen molar-refractivity contribution >= 4 is 34.0 Å². The third kappa shape index (κ3) is 4.11. The zero-order valence-electron chi connectivity index (χ0n) is 14.6. The summed E-state index contributed by atoms with van der Waals surface area (Å²) in [5, 5.41) is 16.9. The van der Waals surface area contributed by atoms with Crippen molar-refractivity contribution in [3.05, 3.63) is 45.6 Å². The van der Waals surface area contributed by atoms with Gasteiger partial charge in [0.25, 0.3) is 5.91 Å². The maximum absolute atomic E-state index is 12.8.